The van der Waals surface area contributed by atoms with Crippen molar-refractivity contribution in [2.45, 2.75) is 24.7 Å². The van der Waals surface area contributed by atoms with Crippen molar-refractivity contribution in [2.24, 2.45) is 13.0 Å². The number of imidazole rings is 1. The van der Waals surface area contributed by atoms with Crippen LogP contribution in [-0.2, 0) is 7.05 Å². The average Bonchev–Trinajstić information content (AvgIpc) is 3.30. The normalized spacial score (nSPS) is 14.6. The molecule has 4 heteroatoms. The van der Waals surface area contributed by atoms with E-state index in [9.17, 15) is 0 Å². The summed E-state index contributed by atoms with van der Waals surface area (Å²) >= 11 is 1.92. The Morgan fingerprint density at radius 1 is 1.27 bits per heavy atom. The maximum Gasteiger partial charge on any atom is 0.142 e. The molecule has 1 fully saturated rings. The molecule has 1 aromatic carbocycles. The van der Waals surface area contributed by atoms with Gasteiger partial charge in [0.1, 0.15) is 5.82 Å². The number of benzene rings is 1. The molecule has 1 aliphatic carbocycles. The molecule has 0 aliphatic heterocycles. The molecular weight excluding hydrogens is 290 g/mol. The molecule has 1 saturated carbocycles. The van der Waals surface area contributed by atoms with Crippen molar-refractivity contribution in [1.29, 1.82) is 0 Å². The zero-order valence-electron chi connectivity index (χ0n) is 12.9. The minimum Gasteiger partial charge on any atom is -0.327 e. The fourth-order valence-electron chi connectivity index (χ4n) is 2.72. The highest BCUT2D eigenvalue weighted by Crippen LogP contribution is 2.38. The van der Waals surface area contributed by atoms with E-state index in [-0.39, 0.29) is 0 Å². The van der Waals surface area contributed by atoms with E-state index in [0.29, 0.717) is 0 Å². The molecule has 4 rings (SSSR count). The molecular formula is C18H19N3S. The molecule has 0 bridgehead atoms. The van der Waals surface area contributed by atoms with Crippen LogP contribution in [0.5, 0.6) is 0 Å². The summed E-state index contributed by atoms with van der Waals surface area (Å²) < 4.78 is 2.19. The van der Waals surface area contributed by atoms with Gasteiger partial charge in [0.25, 0.3) is 0 Å². The van der Waals surface area contributed by atoms with E-state index in [1.807, 2.05) is 24.2 Å². The maximum absolute atomic E-state index is 4.87. The van der Waals surface area contributed by atoms with Gasteiger partial charge in [0.05, 0.1) is 11.0 Å². The molecule has 2 heterocycles. The van der Waals surface area contributed by atoms with Crippen LogP contribution in [0.2, 0.25) is 0 Å². The van der Waals surface area contributed by atoms with Gasteiger partial charge in [-0.2, -0.15) is 0 Å². The van der Waals surface area contributed by atoms with E-state index >= 15 is 0 Å². The first kappa shape index (κ1) is 13.8. The Kier molecular flexibility index (Phi) is 3.41. The number of pyridine rings is 1. The molecule has 1 aliphatic rings. The monoisotopic (exact) mass is 309 g/mol. The van der Waals surface area contributed by atoms with E-state index in [1.54, 1.807) is 0 Å². The Labute approximate surface area is 134 Å². The minimum atomic E-state index is 0.904. The minimum absolute atomic E-state index is 0.904. The summed E-state index contributed by atoms with van der Waals surface area (Å²) in [6.07, 6.45) is 6.61. The lowest BCUT2D eigenvalue weighted by atomic mass is 10.2. The van der Waals surface area contributed by atoms with Crippen LogP contribution in [0, 0.1) is 12.8 Å². The van der Waals surface area contributed by atoms with Crippen LogP contribution in [0.1, 0.15) is 18.4 Å². The largest absolute Gasteiger partial charge is 0.327 e. The van der Waals surface area contributed by atoms with E-state index in [1.165, 1.54) is 40.1 Å². The average molecular weight is 309 g/mol. The zero-order valence-corrected chi connectivity index (χ0v) is 13.7. The number of thioether (sulfide) groups is 1. The summed E-state index contributed by atoms with van der Waals surface area (Å²) in [6.45, 7) is 2.11. The molecule has 0 N–H and O–H groups in total. The van der Waals surface area contributed by atoms with Crippen LogP contribution in [0.25, 0.3) is 22.4 Å². The van der Waals surface area contributed by atoms with E-state index < -0.39 is 0 Å². The Hall–Kier alpha value is -1.81. The van der Waals surface area contributed by atoms with Crippen molar-refractivity contribution >= 4 is 22.8 Å². The third-order valence-electron chi connectivity index (χ3n) is 4.23. The number of nitrogens with zero attached hydrogens (tertiary/aromatic N) is 3. The van der Waals surface area contributed by atoms with E-state index in [0.717, 1.165) is 17.3 Å². The highest BCUT2D eigenvalue weighted by molar-refractivity contribution is 7.99. The van der Waals surface area contributed by atoms with Crippen molar-refractivity contribution in [3.8, 4) is 11.4 Å². The van der Waals surface area contributed by atoms with Crippen LogP contribution in [0.4, 0.5) is 0 Å². The van der Waals surface area contributed by atoms with Crippen LogP contribution in [0.3, 0.4) is 0 Å². The Balaban J connectivity index is 1.79. The first-order valence-corrected chi connectivity index (χ1v) is 8.71. The quantitative estimate of drug-likeness (QED) is 0.667. The first-order valence-electron chi connectivity index (χ1n) is 7.72. The van der Waals surface area contributed by atoms with E-state index in [2.05, 4.69) is 47.8 Å². The Bertz CT molecular complexity index is 833. The van der Waals surface area contributed by atoms with Crippen LogP contribution in [-0.4, -0.2) is 20.3 Å². The fourth-order valence-corrected chi connectivity index (χ4v) is 3.92. The zero-order chi connectivity index (χ0) is 15.1. The second kappa shape index (κ2) is 5.43. The van der Waals surface area contributed by atoms with E-state index in [4.69, 9.17) is 4.98 Å². The topological polar surface area (TPSA) is 30.7 Å². The summed E-state index contributed by atoms with van der Waals surface area (Å²) in [5.74, 6) is 3.13. The highest BCUT2D eigenvalue weighted by atomic mass is 32.2. The van der Waals surface area contributed by atoms with Gasteiger partial charge < -0.3 is 4.57 Å². The molecule has 3 nitrogen and oxygen atoms in total. The van der Waals surface area contributed by atoms with Crippen molar-refractivity contribution in [3.63, 3.8) is 0 Å². The standard InChI is InChI=1S/C18H19N3S/c1-12-3-6-16-15(9-12)20-18(21(16)2)14-7-8-19-10-17(14)22-11-13-4-5-13/h3,6-10,13H,4-5,11H2,1-2H3. The summed E-state index contributed by atoms with van der Waals surface area (Å²) in [7, 11) is 2.09. The molecule has 22 heavy (non-hydrogen) atoms. The predicted octanol–water partition coefficient (Wildman–Crippen LogP) is 4.45. The van der Waals surface area contributed by atoms with Gasteiger partial charge in [-0.05, 0) is 49.4 Å². The third-order valence-corrected chi connectivity index (χ3v) is 5.51. The summed E-state index contributed by atoms with van der Waals surface area (Å²) in [4.78, 5) is 10.4. The summed E-state index contributed by atoms with van der Waals surface area (Å²) in [5, 5.41) is 0. The van der Waals surface area contributed by atoms with Crippen molar-refractivity contribution in [2.75, 3.05) is 5.75 Å². The lowest BCUT2D eigenvalue weighted by molar-refractivity contribution is 0.951. The lowest BCUT2D eigenvalue weighted by Gasteiger charge is -2.08. The third kappa shape index (κ3) is 2.52. The maximum atomic E-state index is 4.87. The van der Waals surface area contributed by atoms with Gasteiger partial charge in [0.2, 0.25) is 0 Å². The first-order chi connectivity index (χ1) is 10.7. The number of fused-ring (bicyclic) bond motifs is 1. The van der Waals surface area contributed by atoms with Gasteiger partial charge in [0, 0.05) is 35.7 Å². The van der Waals surface area contributed by atoms with Crippen molar-refractivity contribution < 1.29 is 0 Å². The summed E-state index contributed by atoms with van der Waals surface area (Å²) in [5.41, 5.74) is 4.68. The number of aryl methyl sites for hydroxylation is 2. The van der Waals surface area contributed by atoms with Crippen LogP contribution in [0.15, 0.2) is 41.6 Å². The predicted molar refractivity (Wildman–Crippen MR) is 92.1 cm³/mol. The van der Waals surface area contributed by atoms with Gasteiger partial charge in [-0.3, -0.25) is 4.98 Å². The van der Waals surface area contributed by atoms with Crippen LogP contribution < -0.4 is 0 Å². The number of hydrogen-bond donors (Lipinski definition) is 0. The molecule has 3 aromatic rings. The summed E-state index contributed by atoms with van der Waals surface area (Å²) in [6, 6.07) is 8.53. The van der Waals surface area contributed by atoms with Crippen molar-refractivity contribution in [3.05, 3.63) is 42.2 Å². The molecule has 2 aromatic heterocycles. The second-order valence-electron chi connectivity index (χ2n) is 6.11. The molecule has 0 spiro atoms. The Morgan fingerprint density at radius 2 is 2.14 bits per heavy atom. The number of hydrogen-bond acceptors (Lipinski definition) is 3. The van der Waals surface area contributed by atoms with Gasteiger partial charge in [-0.25, -0.2) is 4.98 Å². The molecule has 0 amide bonds. The SMILES string of the molecule is Cc1ccc2c(c1)nc(-c1ccncc1SCC1CC1)n2C. The van der Waals surface area contributed by atoms with Gasteiger partial charge in [-0.15, -0.1) is 11.8 Å². The lowest BCUT2D eigenvalue weighted by Crippen LogP contribution is -1.95. The highest BCUT2D eigenvalue weighted by Gasteiger charge is 2.22. The van der Waals surface area contributed by atoms with Gasteiger partial charge in [-0.1, -0.05) is 6.07 Å². The molecule has 0 saturated heterocycles. The fraction of sp³-hybridized carbons (Fsp3) is 0.333. The smallest absolute Gasteiger partial charge is 0.142 e. The molecule has 0 radical (unpaired) electrons. The number of rotatable bonds is 4. The number of aromatic nitrogens is 3. The van der Waals surface area contributed by atoms with Crippen LogP contribution >= 0.6 is 11.8 Å². The molecule has 0 atom stereocenters. The molecule has 112 valence electrons. The molecule has 0 unspecified atom stereocenters. The van der Waals surface area contributed by atoms with Gasteiger partial charge >= 0.3 is 0 Å². The second-order valence-corrected chi connectivity index (χ2v) is 7.17. The van der Waals surface area contributed by atoms with Gasteiger partial charge in [0.15, 0.2) is 0 Å². The van der Waals surface area contributed by atoms with Crippen molar-refractivity contribution in [1.82, 2.24) is 14.5 Å². The Morgan fingerprint density at radius 3 is 2.95 bits per heavy atom.